The minimum Gasteiger partial charge on any atom is -0.149 e. The Labute approximate surface area is 66.6 Å². The summed E-state index contributed by atoms with van der Waals surface area (Å²) in [4.78, 5) is 1.56. The summed E-state index contributed by atoms with van der Waals surface area (Å²) in [6, 6.07) is 4.37. The van der Waals surface area contributed by atoms with Gasteiger partial charge in [-0.2, -0.15) is 0 Å². The zero-order chi connectivity index (χ0) is 6.53. The minimum atomic E-state index is 0.298. The molecule has 1 aromatic heterocycles. The summed E-state index contributed by atoms with van der Waals surface area (Å²) >= 11 is 2.18. The van der Waals surface area contributed by atoms with Crippen molar-refractivity contribution in [3.63, 3.8) is 0 Å². The standard InChI is InChI=1S/C6H7S.CH3.Al.H/c1-2-6-4-3-5-7-6;;;/h3-5H,1-2H2;1H3;;. The molecule has 0 N–H and O–H groups in total. The van der Waals surface area contributed by atoms with E-state index in [9.17, 15) is 0 Å². The van der Waals surface area contributed by atoms with E-state index in [2.05, 4.69) is 23.3 Å². The molecule has 0 unspecified atom stereocenters. The molecule has 0 amide bonds. The Balaban J connectivity index is 2.30. The summed E-state index contributed by atoms with van der Waals surface area (Å²) in [5, 5.41) is 3.63. The summed E-state index contributed by atoms with van der Waals surface area (Å²) in [5.41, 5.74) is 0. The molecule has 9 heavy (non-hydrogen) atoms. The minimum absolute atomic E-state index is 0.298. The lowest BCUT2D eigenvalue weighted by molar-refractivity contribution is 1.17. The third-order valence-electron chi connectivity index (χ3n) is 1.36. The van der Waals surface area contributed by atoms with Crippen LogP contribution in [0, 0.1) is 0 Å². The second kappa shape index (κ2) is 4.11. The van der Waals surface area contributed by atoms with E-state index >= 15 is 0 Å². The first kappa shape index (κ1) is 7.34. The molecule has 0 atom stereocenters. The highest BCUT2D eigenvalue weighted by atomic mass is 32.1. The molecule has 0 spiro atoms. The van der Waals surface area contributed by atoms with Gasteiger partial charge in [0.15, 0.2) is 0 Å². The van der Waals surface area contributed by atoms with Crippen molar-refractivity contribution in [2.24, 2.45) is 0 Å². The summed E-state index contributed by atoms with van der Waals surface area (Å²) in [7, 11) is 0. The molecule has 0 aliphatic rings. The molecule has 0 radical (unpaired) electrons. The molecule has 0 aliphatic carbocycles. The van der Waals surface area contributed by atoms with Gasteiger partial charge in [-0.25, -0.2) is 0 Å². The normalized spacial score (nSPS) is 9.44. The van der Waals surface area contributed by atoms with Gasteiger partial charge >= 0.3 is 0 Å². The molecule has 0 nitrogen and oxygen atoms in total. The third kappa shape index (κ3) is 2.53. The molecular weight excluding hydrogens is 143 g/mol. The van der Waals surface area contributed by atoms with Crippen molar-refractivity contribution in [2.75, 3.05) is 0 Å². The lowest BCUT2D eigenvalue weighted by Gasteiger charge is -1.88. The fraction of sp³-hybridized carbons (Fsp3) is 0.429. The first-order chi connectivity index (χ1) is 4.43. The molecule has 48 valence electrons. The lowest BCUT2D eigenvalue weighted by atomic mass is 10.4. The zero-order valence-corrected chi connectivity index (χ0v) is 7.99. The van der Waals surface area contributed by atoms with E-state index in [-0.39, 0.29) is 0 Å². The van der Waals surface area contributed by atoms with Gasteiger partial charge in [0, 0.05) is 4.88 Å². The van der Waals surface area contributed by atoms with E-state index in [0.29, 0.717) is 15.2 Å². The summed E-state index contributed by atoms with van der Waals surface area (Å²) in [5.74, 6) is 2.37. The first-order valence-corrected chi connectivity index (χ1v) is 6.75. The molecule has 0 aliphatic heterocycles. The van der Waals surface area contributed by atoms with Crippen LogP contribution >= 0.6 is 11.3 Å². The van der Waals surface area contributed by atoms with Crippen LogP contribution in [0.25, 0.3) is 0 Å². The van der Waals surface area contributed by atoms with Gasteiger partial charge in [0.1, 0.15) is 0 Å². The van der Waals surface area contributed by atoms with Crippen molar-refractivity contribution < 1.29 is 0 Å². The van der Waals surface area contributed by atoms with Crippen molar-refractivity contribution in [1.82, 2.24) is 0 Å². The Morgan fingerprint density at radius 1 is 1.67 bits per heavy atom. The maximum Gasteiger partial charge on any atom is 0.233 e. The second-order valence-electron chi connectivity index (χ2n) is 2.18. The number of hydrogen-bond acceptors (Lipinski definition) is 1. The summed E-state index contributed by atoms with van der Waals surface area (Å²) in [6.45, 7) is 0. The summed E-state index contributed by atoms with van der Waals surface area (Å²) in [6.07, 6.45) is 1.33. The van der Waals surface area contributed by atoms with E-state index in [1.807, 2.05) is 11.3 Å². The van der Waals surface area contributed by atoms with E-state index in [1.165, 1.54) is 11.7 Å². The maximum atomic E-state index is 2.37. The van der Waals surface area contributed by atoms with Gasteiger partial charge in [0.25, 0.3) is 0 Å². The van der Waals surface area contributed by atoms with Crippen molar-refractivity contribution in [3.8, 4) is 0 Å². The fourth-order valence-corrected chi connectivity index (χ4v) is 2.55. The highest BCUT2D eigenvalue weighted by Crippen LogP contribution is 2.10. The van der Waals surface area contributed by atoms with Gasteiger partial charge in [0.2, 0.25) is 15.2 Å². The number of aryl methyl sites for hydroxylation is 1. The smallest absolute Gasteiger partial charge is 0.149 e. The highest BCUT2D eigenvalue weighted by molar-refractivity contribution is 7.09. The SMILES string of the molecule is [CH3][AlH][CH2]Cc1cccs1. The van der Waals surface area contributed by atoms with Crippen LogP contribution in [0.1, 0.15) is 4.88 Å². The van der Waals surface area contributed by atoms with Gasteiger partial charge < -0.3 is 0 Å². The maximum absolute atomic E-state index is 2.37. The average molecular weight is 154 g/mol. The molecule has 1 rings (SSSR count). The number of rotatable bonds is 3. The molecule has 0 saturated carbocycles. The van der Waals surface area contributed by atoms with Crippen LogP contribution in [0.4, 0.5) is 0 Å². The Bertz CT molecular complexity index is 146. The first-order valence-electron chi connectivity index (χ1n) is 3.46. The van der Waals surface area contributed by atoms with Crippen LogP contribution in [0.2, 0.25) is 11.1 Å². The zero-order valence-electron chi connectivity index (χ0n) is 5.76. The van der Waals surface area contributed by atoms with Crippen LogP contribution in [0.15, 0.2) is 17.5 Å². The molecule has 2 heteroatoms. The van der Waals surface area contributed by atoms with Crippen LogP contribution in [0.3, 0.4) is 0 Å². The molecule has 1 heterocycles. The number of hydrogen-bond donors (Lipinski definition) is 0. The Morgan fingerprint density at radius 2 is 2.56 bits per heavy atom. The molecule has 0 saturated heterocycles. The third-order valence-corrected chi connectivity index (χ3v) is 3.35. The van der Waals surface area contributed by atoms with E-state index < -0.39 is 0 Å². The van der Waals surface area contributed by atoms with E-state index in [1.54, 1.807) is 4.88 Å². The Kier molecular flexibility index (Phi) is 3.35. The molecule has 0 fully saturated rings. The second-order valence-corrected chi connectivity index (χ2v) is 4.92. The van der Waals surface area contributed by atoms with Gasteiger partial charge in [-0.15, -0.1) is 17.1 Å². The van der Waals surface area contributed by atoms with Gasteiger partial charge in [-0.1, -0.05) is 11.3 Å². The highest BCUT2D eigenvalue weighted by Gasteiger charge is 1.91. The van der Waals surface area contributed by atoms with Gasteiger partial charge in [0.05, 0.1) is 0 Å². The lowest BCUT2D eigenvalue weighted by Crippen LogP contribution is -1.83. The predicted molar refractivity (Wildman–Crippen MR) is 45.8 cm³/mol. The van der Waals surface area contributed by atoms with Crippen molar-refractivity contribution in [3.05, 3.63) is 22.4 Å². The fourth-order valence-electron chi connectivity index (χ4n) is 0.806. The van der Waals surface area contributed by atoms with Crippen LogP contribution in [-0.4, -0.2) is 15.2 Å². The van der Waals surface area contributed by atoms with E-state index in [0.717, 1.165) is 0 Å². The average Bonchev–Trinajstić information content (AvgIpc) is 2.34. The molecule has 0 aromatic carbocycles. The Morgan fingerprint density at radius 3 is 3.11 bits per heavy atom. The van der Waals surface area contributed by atoms with Gasteiger partial charge in [-0.3, -0.25) is 0 Å². The van der Waals surface area contributed by atoms with Crippen molar-refractivity contribution in [2.45, 2.75) is 17.5 Å². The topological polar surface area (TPSA) is 0 Å². The van der Waals surface area contributed by atoms with Crippen LogP contribution < -0.4 is 0 Å². The quantitative estimate of drug-likeness (QED) is 0.585. The largest absolute Gasteiger partial charge is 0.233 e. The van der Waals surface area contributed by atoms with Crippen molar-refractivity contribution in [1.29, 1.82) is 0 Å². The monoisotopic (exact) mass is 154 g/mol. The van der Waals surface area contributed by atoms with Crippen LogP contribution in [0.5, 0.6) is 0 Å². The molecule has 0 bridgehead atoms. The predicted octanol–water partition coefficient (Wildman–Crippen LogP) is 2.19. The van der Waals surface area contributed by atoms with Gasteiger partial charge in [-0.05, 0) is 17.9 Å². The molecule has 1 aromatic rings. The summed E-state index contributed by atoms with van der Waals surface area (Å²) < 4.78 is 0. The Hall–Kier alpha value is 0.232. The molecular formula is C7H11AlS. The van der Waals surface area contributed by atoms with Crippen LogP contribution in [-0.2, 0) is 6.42 Å². The van der Waals surface area contributed by atoms with Crippen molar-refractivity contribution >= 4 is 26.6 Å². The number of thiophene rings is 1. The van der Waals surface area contributed by atoms with E-state index in [4.69, 9.17) is 0 Å².